The van der Waals surface area contributed by atoms with Gasteiger partial charge < -0.3 is 9.47 Å². The van der Waals surface area contributed by atoms with Gasteiger partial charge >= 0.3 is 12.1 Å². The predicted octanol–water partition coefficient (Wildman–Crippen LogP) is 8.33. The standard InChI is InChI=1S/C30H33F3O3/c1-3-5-6-8-22-9-13-25(14-10-22)29(34)35-26-16-11-23(12-17-26)19-20-30(32,33)36-27-18-15-24(7-4-2)28(31)21-27/h9-18,21H,3-8,19-20H2,1-2H3. The summed E-state index contributed by atoms with van der Waals surface area (Å²) in [6, 6.07) is 17.6. The van der Waals surface area contributed by atoms with Gasteiger partial charge in [0.15, 0.2) is 0 Å². The number of halogens is 3. The summed E-state index contributed by atoms with van der Waals surface area (Å²) in [5.74, 6) is -0.881. The van der Waals surface area contributed by atoms with Crippen LogP contribution >= 0.6 is 0 Å². The highest BCUT2D eigenvalue weighted by Gasteiger charge is 2.31. The number of carbonyl (C=O) groups excluding carboxylic acids is 1. The van der Waals surface area contributed by atoms with Crippen molar-refractivity contribution in [1.29, 1.82) is 0 Å². The monoisotopic (exact) mass is 498 g/mol. The van der Waals surface area contributed by atoms with Crippen molar-refractivity contribution in [2.75, 3.05) is 0 Å². The molecule has 0 unspecified atom stereocenters. The van der Waals surface area contributed by atoms with Crippen LogP contribution in [-0.4, -0.2) is 12.1 Å². The van der Waals surface area contributed by atoms with E-state index in [4.69, 9.17) is 9.47 Å². The van der Waals surface area contributed by atoms with Gasteiger partial charge in [-0.15, -0.1) is 0 Å². The zero-order valence-corrected chi connectivity index (χ0v) is 20.9. The fourth-order valence-corrected chi connectivity index (χ4v) is 3.85. The summed E-state index contributed by atoms with van der Waals surface area (Å²) in [5.41, 5.74) is 2.76. The average Bonchev–Trinajstić information content (AvgIpc) is 2.86. The minimum atomic E-state index is -3.45. The first-order valence-corrected chi connectivity index (χ1v) is 12.5. The van der Waals surface area contributed by atoms with E-state index in [9.17, 15) is 18.0 Å². The van der Waals surface area contributed by atoms with Crippen LogP contribution in [0.3, 0.4) is 0 Å². The molecule has 0 aliphatic heterocycles. The van der Waals surface area contributed by atoms with E-state index in [0.717, 1.165) is 31.7 Å². The molecule has 0 heterocycles. The number of ether oxygens (including phenoxy) is 2. The second-order valence-corrected chi connectivity index (χ2v) is 8.93. The van der Waals surface area contributed by atoms with Gasteiger partial charge in [-0.2, -0.15) is 8.78 Å². The van der Waals surface area contributed by atoms with Gasteiger partial charge in [-0.25, -0.2) is 9.18 Å². The second-order valence-electron chi connectivity index (χ2n) is 8.93. The van der Waals surface area contributed by atoms with Crippen molar-refractivity contribution in [3.63, 3.8) is 0 Å². The summed E-state index contributed by atoms with van der Waals surface area (Å²) in [6.45, 7) is 4.08. The Morgan fingerprint density at radius 3 is 2.06 bits per heavy atom. The molecule has 0 amide bonds. The number of aryl methyl sites for hydroxylation is 3. The zero-order chi connectivity index (χ0) is 26.0. The molecule has 0 aliphatic rings. The highest BCUT2D eigenvalue weighted by molar-refractivity contribution is 5.91. The van der Waals surface area contributed by atoms with Crippen molar-refractivity contribution in [2.45, 2.75) is 71.3 Å². The molecule has 0 saturated heterocycles. The number of hydrogen-bond donors (Lipinski definition) is 0. The molecule has 6 heteroatoms. The molecule has 0 aliphatic carbocycles. The van der Waals surface area contributed by atoms with E-state index in [2.05, 4.69) is 6.92 Å². The lowest BCUT2D eigenvalue weighted by molar-refractivity contribution is -0.180. The van der Waals surface area contributed by atoms with Gasteiger partial charge in [0.1, 0.15) is 17.3 Å². The van der Waals surface area contributed by atoms with E-state index in [-0.39, 0.29) is 12.2 Å². The largest absolute Gasteiger partial charge is 0.432 e. The van der Waals surface area contributed by atoms with Crippen molar-refractivity contribution in [1.82, 2.24) is 0 Å². The van der Waals surface area contributed by atoms with Gasteiger partial charge in [0.2, 0.25) is 0 Å². The van der Waals surface area contributed by atoms with Crippen LogP contribution in [0.1, 0.15) is 73.0 Å². The number of benzene rings is 3. The van der Waals surface area contributed by atoms with Crippen LogP contribution < -0.4 is 9.47 Å². The molecule has 0 spiro atoms. The van der Waals surface area contributed by atoms with Gasteiger partial charge in [0.25, 0.3) is 0 Å². The van der Waals surface area contributed by atoms with E-state index in [1.807, 2.05) is 19.1 Å². The minimum Gasteiger partial charge on any atom is -0.432 e. The second kappa shape index (κ2) is 13.1. The molecule has 3 aromatic rings. The molecule has 0 aromatic heterocycles. The Hall–Kier alpha value is -3.28. The highest BCUT2D eigenvalue weighted by atomic mass is 19.3. The van der Waals surface area contributed by atoms with Crippen LogP contribution in [0.25, 0.3) is 0 Å². The lowest BCUT2D eigenvalue weighted by Gasteiger charge is -2.18. The summed E-state index contributed by atoms with van der Waals surface area (Å²) in [7, 11) is 0. The van der Waals surface area contributed by atoms with Gasteiger partial charge in [0, 0.05) is 6.07 Å². The Kier molecular flexibility index (Phi) is 9.97. The van der Waals surface area contributed by atoms with Gasteiger partial charge in [-0.1, -0.05) is 63.4 Å². The van der Waals surface area contributed by atoms with E-state index < -0.39 is 24.3 Å². The maximum atomic E-state index is 14.3. The molecule has 36 heavy (non-hydrogen) atoms. The highest BCUT2D eigenvalue weighted by Crippen LogP contribution is 2.28. The smallest absolute Gasteiger partial charge is 0.398 e. The van der Waals surface area contributed by atoms with Crippen molar-refractivity contribution in [3.8, 4) is 11.5 Å². The third kappa shape index (κ3) is 8.43. The predicted molar refractivity (Wildman–Crippen MR) is 135 cm³/mol. The number of rotatable bonds is 13. The van der Waals surface area contributed by atoms with Crippen molar-refractivity contribution >= 4 is 5.97 Å². The zero-order valence-electron chi connectivity index (χ0n) is 20.9. The topological polar surface area (TPSA) is 35.5 Å². The van der Waals surface area contributed by atoms with E-state index in [1.54, 1.807) is 36.4 Å². The van der Waals surface area contributed by atoms with E-state index >= 15 is 0 Å². The number of carbonyl (C=O) groups is 1. The van der Waals surface area contributed by atoms with E-state index in [1.165, 1.54) is 24.1 Å². The van der Waals surface area contributed by atoms with E-state index in [0.29, 0.717) is 28.9 Å². The Bertz CT molecular complexity index is 1110. The molecule has 3 nitrogen and oxygen atoms in total. The molecule has 0 fully saturated rings. The van der Waals surface area contributed by atoms with Gasteiger partial charge in [-0.05, 0) is 72.7 Å². The first-order chi connectivity index (χ1) is 17.3. The number of unbranched alkanes of at least 4 members (excludes halogenated alkanes) is 2. The summed E-state index contributed by atoms with van der Waals surface area (Å²) in [6.07, 6.45) is 1.76. The third-order valence-corrected chi connectivity index (χ3v) is 5.91. The Balaban J connectivity index is 1.50. The minimum absolute atomic E-state index is 0.0388. The number of esters is 1. The molecular weight excluding hydrogens is 465 g/mol. The van der Waals surface area contributed by atoms with Gasteiger partial charge in [0.05, 0.1) is 12.0 Å². The van der Waals surface area contributed by atoms with Crippen LogP contribution in [-0.2, 0) is 19.3 Å². The quantitative estimate of drug-likeness (QED) is 0.135. The maximum absolute atomic E-state index is 14.3. The third-order valence-electron chi connectivity index (χ3n) is 5.91. The normalized spacial score (nSPS) is 11.4. The molecule has 0 N–H and O–H groups in total. The molecule has 0 atom stereocenters. The van der Waals surface area contributed by atoms with Crippen molar-refractivity contribution in [2.24, 2.45) is 0 Å². The fraction of sp³-hybridized carbons (Fsp3) is 0.367. The number of alkyl halides is 2. The molecule has 3 rings (SSSR count). The van der Waals surface area contributed by atoms with Crippen LogP contribution in [0.15, 0.2) is 66.7 Å². The fourth-order valence-electron chi connectivity index (χ4n) is 3.85. The molecule has 0 bridgehead atoms. The SMILES string of the molecule is CCCCCc1ccc(C(=O)Oc2ccc(CCC(F)(F)Oc3ccc(CCC)c(F)c3)cc2)cc1. The molecule has 192 valence electrons. The summed E-state index contributed by atoms with van der Waals surface area (Å²) in [5, 5.41) is 0. The lowest BCUT2D eigenvalue weighted by atomic mass is 10.1. The van der Waals surface area contributed by atoms with Gasteiger partial charge in [-0.3, -0.25) is 0 Å². The van der Waals surface area contributed by atoms with Crippen LogP contribution in [0.4, 0.5) is 13.2 Å². The summed E-state index contributed by atoms with van der Waals surface area (Å²) < 4.78 is 52.8. The van der Waals surface area contributed by atoms with Crippen LogP contribution in [0.2, 0.25) is 0 Å². The molecule has 0 radical (unpaired) electrons. The molecule has 3 aromatic carbocycles. The number of hydrogen-bond acceptors (Lipinski definition) is 3. The Morgan fingerprint density at radius 2 is 1.42 bits per heavy atom. The lowest BCUT2D eigenvalue weighted by Crippen LogP contribution is -2.25. The van der Waals surface area contributed by atoms with Crippen molar-refractivity contribution in [3.05, 3.63) is 94.8 Å². The first kappa shape index (κ1) is 27.3. The Labute approximate surface area is 211 Å². The Morgan fingerprint density at radius 1 is 0.778 bits per heavy atom. The maximum Gasteiger partial charge on any atom is 0.398 e. The first-order valence-electron chi connectivity index (χ1n) is 12.5. The van der Waals surface area contributed by atoms with Crippen LogP contribution in [0, 0.1) is 5.82 Å². The average molecular weight is 499 g/mol. The molecule has 0 saturated carbocycles. The molecular formula is C30H33F3O3. The van der Waals surface area contributed by atoms with Crippen LogP contribution in [0.5, 0.6) is 11.5 Å². The summed E-state index contributed by atoms with van der Waals surface area (Å²) in [4.78, 5) is 12.4. The van der Waals surface area contributed by atoms with Crippen molar-refractivity contribution < 1.29 is 27.4 Å². The summed E-state index contributed by atoms with van der Waals surface area (Å²) >= 11 is 0.